The lowest BCUT2D eigenvalue weighted by atomic mass is 10.1. The number of likely N-dealkylation sites (N-methyl/N-ethyl adjacent to an activating group) is 1. The van der Waals surface area contributed by atoms with Crippen LogP contribution in [0.15, 0.2) is 24.3 Å². The van der Waals surface area contributed by atoms with Crippen LogP contribution in [0.1, 0.15) is 24.0 Å². The van der Waals surface area contributed by atoms with Crippen LogP contribution in [0.4, 0.5) is 13.2 Å². The Kier molecular flexibility index (Phi) is 4.88. The molecule has 21 heavy (non-hydrogen) atoms. The van der Waals surface area contributed by atoms with Crippen molar-refractivity contribution in [3.63, 3.8) is 0 Å². The summed E-state index contributed by atoms with van der Waals surface area (Å²) in [4.78, 5) is 14.1. The van der Waals surface area contributed by atoms with Gasteiger partial charge in [0, 0.05) is 19.1 Å². The molecule has 0 aromatic heterocycles. The summed E-state index contributed by atoms with van der Waals surface area (Å²) in [5.74, 6) is -0.105. The number of carbonyl (C=O) groups is 1. The summed E-state index contributed by atoms with van der Waals surface area (Å²) in [5, 5.41) is 3.04. The second kappa shape index (κ2) is 6.47. The van der Waals surface area contributed by atoms with Gasteiger partial charge in [-0.2, -0.15) is 13.2 Å². The van der Waals surface area contributed by atoms with Gasteiger partial charge in [-0.1, -0.05) is 18.2 Å². The molecule has 1 aliphatic rings. The summed E-state index contributed by atoms with van der Waals surface area (Å²) in [7, 11) is 1.83. The van der Waals surface area contributed by atoms with Crippen LogP contribution < -0.4 is 5.32 Å². The van der Waals surface area contributed by atoms with Gasteiger partial charge in [0.2, 0.25) is 5.91 Å². The maximum absolute atomic E-state index is 12.7. The van der Waals surface area contributed by atoms with Crippen molar-refractivity contribution in [3.8, 4) is 0 Å². The lowest BCUT2D eigenvalue weighted by molar-refractivity contribution is -0.138. The molecule has 1 aromatic rings. The van der Waals surface area contributed by atoms with E-state index in [1.165, 1.54) is 6.07 Å². The number of carbonyl (C=O) groups excluding carboxylic acids is 1. The molecule has 116 valence electrons. The van der Waals surface area contributed by atoms with Gasteiger partial charge in [-0.25, -0.2) is 0 Å². The molecule has 1 amide bonds. The first-order valence-corrected chi connectivity index (χ1v) is 7.02. The van der Waals surface area contributed by atoms with Crippen LogP contribution >= 0.6 is 0 Å². The van der Waals surface area contributed by atoms with Crippen LogP contribution in [-0.2, 0) is 17.4 Å². The van der Waals surface area contributed by atoms with Gasteiger partial charge < -0.3 is 10.2 Å². The Balaban J connectivity index is 2.06. The van der Waals surface area contributed by atoms with Crippen LogP contribution in [-0.4, -0.2) is 37.0 Å². The van der Waals surface area contributed by atoms with Crippen LogP contribution in [0.3, 0.4) is 0 Å². The summed E-state index contributed by atoms with van der Waals surface area (Å²) in [6, 6.07) is 5.14. The molecule has 0 aliphatic carbocycles. The van der Waals surface area contributed by atoms with Crippen molar-refractivity contribution >= 4 is 5.91 Å². The minimum atomic E-state index is -4.37. The van der Waals surface area contributed by atoms with Gasteiger partial charge in [0.05, 0.1) is 12.0 Å². The highest BCUT2D eigenvalue weighted by atomic mass is 19.4. The molecule has 0 radical (unpaired) electrons. The Morgan fingerprint density at radius 1 is 1.43 bits per heavy atom. The van der Waals surface area contributed by atoms with E-state index < -0.39 is 11.7 Å². The maximum Gasteiger partial charge on any atom is 0.416 e. The fourth-order valence-electron chi connectivity index (χ4n) is 2.75. The Hall–Kier alpha value is -1.56. The summed E-state index contributed by atoms with van der Waals surface area (Å²) in [5.41, 5.74) is -0.300. The van der Waals surface area contributed by atoms with E-state index in [2.05, 4.69) is 5.32 Å². The number of hydrogen-bond acceptors (Lipinski definition) is 2. The Bertz CT molecular complexity index is 502. The maximum atomic E-state index is 12.7. The number of nitrogens with zero attached hydrogens (tertiary/aromatic N) is 1. The predicted molar refractivity (Wildman–Crippen MR) is 73.8 cm³/mol. The van der Waals surface area contributed by atoms with E-state index in [1.807, 2.05) is 7.05 Å². The van der Waals surface area contributed by atoms with Gasteiger partial charge in [0.25, 0.3) is 0 Å². The third-order valence-electron chi connectivity index (χ3n) is 3.75. The number of amides is 1. The molecule has 0 bridgehead atoms. The number of benzene rings is 1. The van der Waals surface area contributed by atoms with Crippen molar-refractivity contribution in [2.24, 2.45) is 0 Å². The standard InChI is InChI=1S/C15H19F3N2O/c1-19-10-13-6-3-7-20(13)14(21)9-11-4-2-5-12(8-11)15(16,17)18/h2,4-5,8,13,19H,3,6-7,9-10H2,1H3/t13-/m1/s1. The number of hydrogen-bond donors (Lipinski definition) is 1. The van der Waals surface area contributed by atoms with Crippen LogP contribution in [0.2, 0.25) is 0 Å². The van der Waals surface area contributed by atoms with Crippen molar-refractivity contribution in [1.82, 2.24) is 10.2 Å². The summed E-state index contributed by atoms with van der Waals surface area (Å²) in [6.45, 7) is 1.40. The fourth-order valence-corrected chi connectivity index (χ4v) is 2.75. The highest BCUT2D eigenvalue weighted by Gasteiger charge is 2.31. The van der Waals surface area contributed by atoms with Crippen molar-refractivity contribution in [3.05, 3.63) is 35.4 Å². The van der Waals surface area contributed by atoms with Gasteiger partial charge in [-0.15, -0.1) is 0 Å². The number of halogens is 3. The molecular formula is C15H19F3N2O. The molecule has 1 N–H and O–H groups in total. The minimum Gasteiger partial charge on any atom is -0.338 e. The molecule has 3 nitrogen and oxygen atoms in total. The summed E-state index contributed by atoms with van der Waals surface area (Å²) >= 11 is 0. The van der Waals surface area contributed by atoms with Gasteiger partial charge in [-0.05, 0) is 31.5 Å². The predicted octanol–water partition coefficient (Wildman–Crippen LogP) is 2.46. The van der Waals surface area contributed by atoms with E-state index in [4.69, 9.17) is 0 Å². The van der Waals surface area contributed by atoms with Gasteiger partial charge in [0.15, 0.2) is 0 Å². The third kappa shape index (κ3) is 3.97. The molecule has 0 spiro atoms. The molecule has 2 rings (SSSR count). The molecule has 0 unspecified atom stereocenters. The normalized spacial score (nSPS) is 19.0. The molecule has 1 heterocycles. The minimum absolute atomic E-state index is 0.0180. The third-order valence-corrected chi connectivity index (χ3v) is 3.75. The Labute approximate surface area is 122 Å². The first kappa shape index (κ1) is 15.8. The smallest absolute Gasteiger partial charge is 0.338 e. The zero-order valence-corrected chi connectivity index (χ0v) is 11.9. The van der Waals surface area contributed by atoms with Crippen LogP contribution in [0.5, 0.6) is 0 Å². The van der Waals surface area contributed by atoms with E-state index in [9.17, 15) is 18.0 Å². The van der Waals surface area contributed by atoms with E-state index in [1.54, 1.807) is 11.0 Å². The molecule has 1 saturated heterocycles. The molecule has 1 aliphatic heterocycles. The van der Waals surface area contributed by atoms with Gasteiger partial charge in [0.1, 0.15) is 0 Å². The van der Waals surface area contributed by atoms with Crippen molar-refractivity contribution in [2.45, 2.75) is 31.5 Å². The highest BCUT2D eigenvalue weighted by Crippen LogP contribution is 2.29. The number of nitrogens with one attached hydrogen (secondary N) is 1. The average molecular weight is 300 g/mol. The first-order chi connectivity index (χ1) is 9.91. The molecular weight excluding hydrogens is 281 g/mol. The highest BCUT2D eigenvalue weighted by molar-refractivity contribution is 5.79. The summed E-state index contributed by atoms with van der Waals surface area (Å²) < 4.78 is 38.0. The fraction of sp³-hybridized carbons (Fsp3) is 0.533. The molecule has 6 heteroatoms. The average Bonchev–Trinajstić information content (AvgIpc) is 2.87. The molecule has 1 aromatic carbocycles. The van der Waals surface area contributed by atoms with E-state index in [0.717, 1.165) is 25.0 Å². The van der Waals surface area contributed by atoms with Crippen LogP contribution in [0.25, 0.3) is 0 Å². The van der Waals surface area contributed by atoms with E-state index in [0.29, 0.717) is 18.7 Å². The van der Waals surface area contributed by atoms with Crippen LogP contribution in [0, 0.1) is 0 Å². The second-order valence-corrected chi connectivity index (χ2v) is 5.32. The van der Waals surface area contributed by atoms with E-state index >= 15 is 0 Å². The Morgan fingerprint density at radius 3 is 2.86 bits per heavy atom. The lowest BCUT2D eigenvalue weighted by Crippen LogP contribution is -2.41. The monoisotopic (exact) mass is 300 g/mol. The first-order valence-electron chi connectivity index (χ1n) is 7.02. The quantitative estimate of drug-likeness (QED) is 0.926. The molecule has 1 fully saturated rings. The number of alkyl halides is 3. The van der Waals surface area contributed by atoms with Gasteiger partial charge >= 0.3 is 6.18 Å². The second-order valence-electron chi connectivity index (χ2n) is 5.32. The number of likely N-dealkylation sites (tertiary alicyclic amines) is 1. The topological polar surface area (TPSA) is 32.3 Å². The zero-order chi connectivity index (χ0) is 15.5. The SMILES string of the molecule is CNC[C@H]1CCCN1C(=O)Cc1cccc(C(F)(F)F)c1. The summed E-state index contributed by atoms with van der Waals surface area (Å²) in [6.07, 6.45) is -2.47. The largest absolute Gasteiger partial charge is 0.416 e. The Morgan fingerprint density at radius 2 is 2.19 bits per heavy atom. The van der Waals surface area contributed by atoms with Crippen molar-refractivity contribution in [2.75, 3.05) is 20.1 Å². The molecule has 1 atom stereocenters. The van der Waals surface area contributed by atoms with E-state index in [-0.39, 0.29) is 18.4 Å². The van der Waals surface area contributed by atoms with Gasteiger partial charge in [-0.3, -0.25) is 4.79 Å². The van der Waals surface area contributed by atoms with Crippen molar-refractivity contribution < 1.29 is 18.0 Å². The van der Waals surface area contributed by atoms with Crippen molar-refractivity contribution in [1.29, 1.82) is 0 Å². The molecule has 0 saturated carbocycles. The number of rotatable bonds is 4. The zero-order valence-electron chi connectivity index (χ0n) is 11.9. The lowest BCUT2D eigenvalue weighted by Gasteiger charge is -2.24.